The van der Waals surface area contributed by atoms with Gasteiger partial charge in [-0.05, 0) is 36.3 Å². The van der Waals surface area contributed by atoms with E-state index in [1.54, 1.807) is 0 Å². The lowest BCUT2D eigenvalue weighted by molar-refractivity contribution is 0.208. The van der Waals surface area contributed by atoms with E-state index >= 15 is 0 Å². The van der Waals surface area contributed by atoms with Gasteiger partial charge < -0.3 is 5.73 Å². The predicted octanol–water partition coefficient (Wildman–Crippen LogP) is 3.67. The van der Waals surface area contributed by atoms with Gasteiger partial charge in [0.05, 0.1) is 0 Å². The molecule has 0 heterocycles. The molecule has 90 valence electrons. The molecule has 15 heavy (non-hydrogen) atoms. The molecule has 1 saturated carbocycles. The summed E-state index contributed by atoms with van der Waals surface area (Å²) >= 11 is 2.11. The van der Waals surface area contributed by atoms with Crippen LogP contribution in [-0.4, -0.2) is 17.0 Å². The lowest BCUT2D eigenvalue weighted by Crippen LogP contribution is -2.48. The molecule has 0 aromatic carbocycles. The molecule has 0 amide bonds. The fraction of sp³-hybridized carbons (Fsp3) is 1.00. The summed E-state index contributed by atoms with van der Waals surface area (Å²) in [6.07, 6.45) is 5.32. The SMILES string of the molecule is CC(C)CCSC1CCCC(C)(C)C1N. The number of nitrogens with two attached hydrogens (primary N) is 1. The summed E-state index contributed by atoms with van der Waals surface area (Å²) < 4.78 is 0. The zero-order valence-electron chi connectivity index (χ0n) is 10.8. The van der Waals surface area contributed by atoms with Gasteiger partial charge in [-0.1, -0.05) is 34.1 Å². The van der Waals surface area contributed by atoms with Crippen LogP contribution in [0.5, 0.6) is 0 Å². The van der Waals surface area contributed by atoms with E-state index in [9.17, 15) is 0 Å². The van der Waals surface area contributed by atoms with Crippen LogP contribution in [0.2, 0.25) is 0 Å². The molecule has 0 spiro atoms. The van der Waals surface area contributed by atoms with Crippen LogP contribution in [0.1, 0.15) is 53.4 Å². The first-order valence-electron chi connectivity index (χ1n) is 6.30. The molecular formula is C13H27NS. The Labute approximate surface area is 99.6 Å². The zero-order valence-corrected chi connectivity index (χ0v) is 11.6. The highest BCUT2D eigenvalue weighted by Gasteiger charge is 2.36. The van der Waals surface area contributed by atoms with E-state index in [0.29, 0.717) is 16.7 Å². The van der Waals surface area contributed by atoms with Gasteiger partial charge in [-0.25, -0.2) is 0 Å². The van der Waals surface area contributed by atoms with E-state index in [-0.39, 0.29) is 0 Å². The van der Waals surface area contributed by atoms with Gasteiger partial charge in [0, 0.05) is 11.3 Å². The van der Waals surface area contributed by atoms with Crippen molar-refractivity contribution in [3.8, 4) is 0 Å². The van der Waals surface area contributed by atoms with Crippen molar-refractivity contribution in [2.45, 2.75) is 64.7 Å². The topological polar surface area (TPSA) is 26.0 Å². The van der Waals surface area contributed by atoms with E-state index in [1.165, 1.54) is 31.4 Å². The zero-order chi connectivity index (χ0) is 11.5. The molecule has 1 fully saturated rings. The van der Waals surface area contributed by atoms with Gasteiger partial charge in [-0.2, -0.15) is 11.8 Å². The van der Waals surface area contributed by atoms with Crippen LogP contribution in [0.4, 0.5) is 0 Å². The smallest absolute Gasteiger partial charge is 0.0211 e. The van der Waals surface area contributed by atoms with Crippen LogP contribution in [0.3, 0.4) is 0 Å². The highest BCUT2D eigenvalue weighted by Crippen LogP contribution is 2.39. The first kappa shape index (κ1) is 13.4. The van der Waals surface area contributed by atoms with Crippen LogP contribution in [-0.2, 0) is 0 Å². The number of hydrogen-bond donors (Lipinski definition) is 1. The second-order valence-electron chi connectivity index (χ2n) is 6.00. The van der Waals surface area contributed by atoms with Gasteiger partial charge in [-0.3, -0.25) is 0 Å². The molecule has 2 N–H and O–H groups in total. The number of rotatable bonds is 4. The Morgan fingerprint density at radius 3 is 2.67 bits per heavy atom. The Kier molecular flexibility index (Phi) is 4.98. The lowest BCUT2D eigenvalue weighted by atomic mass is 9.73. The summed E-state index contributed by atoms with van der Waals surface area (Å²) in [6, 6.07) is 0.392. The summed E-state index contributed by atoms with van der Waals surface area (Å²) in [6.45, 7) is 9.25. The van der Waals surface area contributed by atoms with Crippen LogP contribution < -0.4 is 5.73 Å². The highest BCUT2D eigenvalue weighted by molar-refractivity contribution is 7.99. The maximum atomic E-state index is 6.35. The van der Waals surface area contributed by atoms with Crippen molar-refractivity contribution in [1.29, 1.82) is 0 Å². The van der Waals surface area contributed by atoms with E-state index in [1.807, 2.05) is 0 Å². The third-order valence-electron chi connectivity index (χ3n) is 3.64. The lowest BCUT2D eigenvalue weighted by Gasteiger charge is -2.41. The Bertz CT molecular complexity index is 189. The second kappa shape index (κ2) is 5.58. The maximum absolute atomic E-state index is 6.35. The number of thioether (sulfide) groups is 1. The molecule has 0 aromatic heterocycles. The molecule has 2 unspecified atom stereocenters. The Morgan fingerprint density at radius 1 is 1.40 bits per heavy atom. The quantitative estimate of drug-likeness (QED) is 0.796. The minimum atomic E-state index is 0.355. The van der Waals surface area contributed by atoms with Crippen molar-refractivity contribution in [2.75, 3.05) is 5.75 Å². The molecule has 0 aliphatic heterocycles. The average molecular weight is 229 g/mol. The van der Waals surface area contributed by atoms with Gasteiger partial charge in [0.25, 0.3) is 0 Å². The fourth-order valence-electron chi connectivity index (χ4n) is 2.25. The molecule has 0 saturated heterocycles. The minimum Gasteiger partial charge on any atom is -0.326 e. The summed E-state index contributed by atoms with van der Waals surface area (Å²) in [4.78, 5) is 0. The second-order valence-corrected chi connectivity index (χ2v) is 7.35. The molecule has 0 aromatic rings. The van der Waals surface area contributed by atoms with Crippen LogP contribution >= 0.6 is 11.8 Å². The van der Waals surface area contributed by atoms with Crippen molar-refractivity contribution < 1.29 is 0 Å². The molecule has 1 aliphatic rings. The summed E-state index contributed by atoms with van der Waals surface area (Å²) in [7, 11) is 0. The third-order valence-corrected chi connectivity index (χ3v) is 5.07. The summed E-state index contributed by atoms with van der Waals surface area (Å²) in [5, 5.41) is 0.701. The van der Waals surface area contributed by atoms with E-state index in [4.69, 9.17) is 5.73 Å². The molecular weight excluding hydrogens is 202 g/mol. The van der Waals surface area contributed by atoms with Crippen molar-refractivity contribution in [1.82, 2.24) is 0 Å². The molecule has 2 atom stereocenters. The third kappa shape index (κ3) is 3.99. The molecule has 0 bridgehead atoms. The fourth-order valence-corrected chi connectivity index (χ4v) is 4.07. The van der Waals surface area contributed by atoms with Gasteiger partial charge in [0.15, 0.2) is 0 Å². The van der Waals surface area contributed by atoms with Crippen molar-refractivity contribution in [3.05, 3.63) is 0 Å². The minimum absolute atomic E-state index is 0.355. The summed E-state index contributed by atoms with van der Waals surface area (Å²) in [5.74, 6) is 2.11. The Hall–Kier alpha value is 0.310. The predicted molar refractivity (Wildman–Crippen MR) is 71.3 cm³/mol. The largest absolute Gasteiger partial charge is 0.326 e. The maximum Gasteiger partial charge on any atom is 0.0211 e. The van der Waals surface area contributed by atoms with Crippen molar-refractivity contribution in [3.63, 3.8) is 0 Å². The average Bonchev–Trinajstić information content (AvgIpc) is 2.12. The normalized spacial score (nSPS) is 30.8. The van der Waals surface area contributed by atoms with E-state index < -0.39 is 0 Å². The number of hydrogen-bond acceptors (Lipinski definition) is 2. The highest BCUT2D eigenvalue weighted by atomic mass is 32.2. The molecule has 1 aliphatic carbocycles. The summed E-state index contributed by atoms with van der Waals surface area (Å²) in [5.41, 5.74) is 6.71. The van der Waals surface area contributed by atoms with Gasteiger partial charge in [0.2, 0.25) is 0 Å². The Balaban J connectivity index is 2.34. The van der Waals surface area contributed by atoms with Crippen LogP contribution in [0.15, 0.2) is 0 Å². The monoisotopic (exact) mass is 229 g/mol. The van der Waals surface area contributed by atoms with Crippen molar-refractivity contribution >= 4 is 11.8 Å². The molecule has 2 heteroatoms. The van der Waals surface area contributed by atoms with Gasteiger partial charge in [-0.15, -0.1) is 0 Å². The van der Waals surface area contributed by atoms with Crippen molar-refractivity contribution in [2.24, 2.45) is 17.1 Å². The molecule has 1 nitrogen and oxygen atoms in total. The first-order valence-corrected chi connectivity index (χ1v) is 7.35. The van der Waals surface area contributed by atoms with Crippen LogP contribution in [0, 0.1) is 11.3 Å². The van der Waals surface area contributed by atoms with E-state index in [0.717, 1.165) is 5.92 Å². The Morgan fingerprint density at radius 2 is 2.07 bits per heavy atom. The molecule has 1 rings (SSSR count). The van der Waals surface area contributed by atoms with Gasteiger partial charge in [0.1, 0.15) is 0 Å². The van der Waals surface area contributed by atoms with Gasteiger partial charge >= 0.3 is 0 Å². The first-order chi connectivity index (χ1) is 6.93. The standard InChI is InChI=1S/C13H27NS/c1-10(2)7-9-15-11-6-5-8-13(3,4)12(11)14/h10-12H,5-9,14H2,1-4H3. The van der Waals surface area contributed by atoms with E-state index in [2.05, 4.69) is 39.5 Å². The molecule has 0 radical (unpaired) electrons. The van der Waals surface area contributed by atoms with Crippen LogP contribution in [0.25, 0.3) is 0 Å².